The normalized spacial score (nSPS) is 10.6. The van der Waals surface area contributed by atoms with Crippen molar-refractivity contribution in [1.29, 1.82) is 0 Å². The molecule has 6 heteroatoms. The van der Waals surface area contributed by atoms with Crippen molar-refractivity contribution in [3.05, 3.63) is 66.1 Å². The topological polar surface area (TPSA) is 61.1 Å². The Kier molecular flexibility index (Phi) is 4.65. The lowest BCUT2D eigenvalue weighted by molar-refractivity contribution is 0.0954. The number of hydrogen-bond donors (Lipinski definition) is 1. The van der Waals surface area contributed by atoms with E-state index >= 15 is 0 Å². The van der Waals surface area contributed by atoms with Gasteiger partial charge in [-0.2, -0.15) is 5.10 Å². The summed E-state index contributed by atoms with van der Waals surface area (Å²) < 4.78 is 8.90. The molecule has 24 heavy (non-hydrogen) atoms. The number of carbonyl (C=O) groups excluding carboxylic acids is 1. The van der Waals surface area contributed by atoms with Crippen molar-refractivity contribution in [3.63, 3.8) is 0 Å². The summed E-state index contributed by atoms with van der Waals surface area (Å²) in [5.41, 5.74) is 1.62. The lowest BCUT2D eigenvalue weighted by Gasteiger charge is -2.10. The van der Waals surface area contributed by atoms with Crippen molar-refractivity contribution in [2.75, 3.05) is 13.7 Å². The van der Waals surface area contributed by atoms with E-state index in [1.807, 2.05) is 60.4 Å². The van der Waals surface area contributed by atoms with E-state index in [1.165, 1.54) is 0 Å². The third kappa shape index (κ3) is 3.17. The predicted molar refractivity (Wildman–Crippen MR) is 91.6 cm³/mol. The Morgan fingerprint density at radius 1 is 1.21 bits per heavy atom. The molecule has 1 aromatic carbocycles. The second-order valence-electron chi connectivity index (χ2n) is 5.41. The highest BCUT2D eigenvalue weighted by atomic mass is 16.5. The summed E-state index contributed by atoms with van der Waals surface area (Å²) in [6.07, 6.45) is 6.08. The third-order valence-electron chi connectivity index (χ3n) is 3.87. The number of nitrogens with zero attached hydrogens (tertiary/aromatic N) is 3. The molecule has 0 fully saturated rings. The molecule has 0 bridgehead atoms. The number of amides is 1. The number of carbonyl (C=O) groups is 1. The molecule has 3 aromatic rings. The number of para-hydroxylation sites is 1. The molecule has 0 radical (unpaired) electrons. The summed E-state index contributed by atoms with van der Waals surface area (Å²) in [7, 11) is 3.47. The largest absolute Gasteiger partial charge is 0.496 e. The first-order valence-electron chi connectivity index (χ1n) is 7.76. The number of hydrogen-bond acceptors (Lipinski definition) is 3. The molecular formula is C18H20N4O2. The van der Waals surface area contributed by atoms with E-state index < -0.39 is 0 Å². The van der Waals surface area contributed by atoms with Crippen LogP contribution in [0.2, 0.25) is 0 Å². The second kappa shape index (κ2) is 7.04. The van der Waals surface area contributed by atoms with Crippen LogP contribution >= 0.6 is 0 Å². The number of aryl methyl sites for hydroxylation is 1. The maximum atomic E-state index is 12.5. The molecule has 0 aliphatic carbocycles. The van der Waals surface area contributed by atoms with Gasteiger partial charge in [-0.25, -0.2) is 0 Å². The fraction of sp³-hybridized carbons (Fsp3) is 0.222. The van der Waals surface area contributed by atoms with Gasteiger partial charge in [-0.3, -0.25) is 9.48 Å². The molecule has 0 saturated heterocycles. The van der Waals surface area contributed by atoms with Crippen LogP contribution in [0.4, 0.5) is 0 Å². The maximum absolute atomic E-state index is 12.5. The first-order valence-corrected chi connectivity index (χ1v) is 7.76. The quantitative estimate of drug-likeness (QED) is 0.756. The molecule has 6 nitrogen and oxygen atoms in total. The third-order valence-corrected chi connectivity index (χ3v) is 3.87. The SMILES string of the molecule is COc1ccccc1CCNC(=O)c1cnn(C)c1-n1cccc1. The Morgan fingerprint density at radius 3 is 2.71 bits per heavy atom. The van der Waals surface area contributed by atoms with Crippen LogP contribution in [-0.2, 0) is 13.5 Å². The standard InChI is InChI=1S/C18H20N4O2/c1-21-18(22-11-5-6-12-22)15(13-20-21)17(23)19-10-9-14-7-3-4-8-16(14)24-2/h3-8,11-13H,9-10H2,1-2H3,(H,19,23). The molecule has 3 rings (SSSR count). The van der Waals surface area contributed by atoms with Gasteiger partial charge in [-0.05, 0) is 30.2 Å². The minimum Gasteiger partial charge on any atom is -0.496 e. The molecule has 0 aliphatic heterocycles. The zero-order chi connectivity index (χ0) is 16.9. The molecule has 124 valence electrons. The lowest BCUT2D eigenvalue weighted by atomic mass is 10.1. The van der Waals surface area contributed by atoms with Gasteiger partial charge in [0, 0.05) is 26.0 Å². The average Bonchev–Trinajstić information content (AvgIpc) is 3.24. The van der Waals surface area contributed by atoms with E-state index in [0.29, 0.717) is 18.5 Å². The molecule has 0 unspecified atom stereocenters. The van der Waals surface area contributed by atoms with Gasteiger partial charge < -0.3 is 14.6 Å². The van der Waals surface area contributed by atoms with Crippen LogP contribution in [0.1, 0.15) is 15.9 Å². The molecule has 0 atom stereocenters. The van der Waals surface area contributed by atoms with Crippen LogP contribution in [-0.4, -0.2) is 33.9 Å². The van der Waals surface area contributed by atoms with Crippen molar-refractivity contribution >= 4 is 5.91 Å². The fourth-order valence-electron chi connectivity index (χ4n) is 2.69. The average molecular weight is 324 g/mol. The summed E-state index contributed by atoms with van der Waals surface area (Å²) in [6, 6.07) is 11.6. The minimum absolute atomic E-state index is 0.137. The molecular weight excluding hydrogens is 304 g/mol. The molecule has 2 aromatic heterocycles. The van der Waals surface area contributed by atoms with Crippen LogP contribution in [0.5, 0.6) is 5.75 Å². The molecule has 2 heterocycles. The first kappa shape index (κ1) is 15.9. The number of ether oxygens (including phenoxy) is 1. The van der Waals surface area contributed by atoms with Gasteiger partial charge in [0.05, 0.1) is 13.3 Å². The first-order chi connectivity index (χ1) is 11.7. The van der Waals surface area contributed by atoms with Gasteiger partial charge in [-0.1, -0.05) is 18.2 Å². The summed E-state index contributed by atoms with van der Waals surface area (Å²) in [6.45, 7) is 0.527. The molecule has 0 aliphatic rings. The summed E-state index contributed by atoms with van der Waals surface area (Å²) in [5, 5.41) is 7.16. The molecule has 1 N–H and O–H groups in total. The number of nitrogens with one attached hydrogen (secondary N) is 1. The highest BCUT2D eigenvalue weighted by molar-refractivity contribution is 5.97. The predicted octanol–water partition coefficient (Wildman–Crippen LogP) is 2.19. The second-order valence-corrected chi connectivity index (χ2v) is 5.41. The minimum atomic E-state index is -0.137. The molecule has 0 spiro atoms. The lowest BCUT2D eigenvalue weighted by Crippen LogP contribution is -2.26. The smallest absolute Gasteiger partial charge is 0.256 e. The summed E-state index contributed by atoms with van der Waals surface area (Å²) in [4.78, 5) is 12.5. The zero-order valence-corrected chi connectivity index (χ0v) is 13.8. The Morgan fingerprint density at radius 2 is 1.96 bits per heavy atom. The van der Waals surface area contributed by atoms with Crippen molar-refractivity contribution < 1.29 is 9.53 Å². The molecule has 0 saturated carbocycles. The highest BCUT2D eigenvalue weighted by Crippen LogP contribution is 2.17. The van der Waals surface area contributed by atoms with Crippen LogP contribution < -0.4 is 10.1 Å². The Bertz CT molecular complexity index is 821. The van der Waals surface area contributed by atoms with Gasteiger partial charge >= 0.3 is 0 Å². The number of methoxy groups -OCH3 is 1. The van der Waals surface area contributed by atoms with Gasteiger partial charge in [0.15, 0.2) is 0 Å². The van der Waals surface area contributed by atoms with E-state index in [9.17, 15) is 4.79 Å². The van der Waals surface area contributed by atoms with E-state index in [2.05, 4.69) is 10.4 Å². The van der Waals surface area contributed by atoms with Crippen molar-refractivity contribution in [2.24, 2.45) is 7.05 Å². The van der Waals surface area contributed by atoms with Crippen LogP contribution in [0.3, 0.4) is 0 Å². The number of rotatable bonds is 6. The van der Waals surface area contributed by atoms with Crippen LogP contribution in [0.15, 0.2) is 55.0 Å². The number of aromatic nitrogens is 3. The van der Waals surface area contributed by atoms with Crippen LogP contribution in [0.25, 0.3) is 5.82 Å². The van der Waals surface area contributed by atoms with E-state index in [1.54, 1.807) is 18.0 Å². The van der Waals surface area contributed by atoms with Gasteiger partial charge in [-0.15, -0.1) is 0 Å². The van der Waals surface area contributed by atoms with E-state index in [4.69, 9.17) is 4.74 Å². The van der Waals surface area contributed by atoms with Crippen molar-refractivity contribution in [2.45, 2.75) is 6.42 Å². The van der Waals surface area contributed by atoms with Gasteiger partial charge in [0.25, 0.3) is 5.91 Å². The Labute approximate surface area is 140 Å². The zero-order valence-electron chi connectivity index (χ0n) is 13.8. The Balaban J connectivity index is 1.68. The Hall–Kier alpha value is -3.02. The fourth-order valence-corrected chi connectivity index (χ4v) is 2.69. The van der Waals surface area contributed by atoms with E-state index in [0.717, 1.165) is 17.1 Å². The summed E-state index contributed by atoms with van der Waals surface area (Å²) in [5.74, 6) is 1.44. The van der Waals surface area contributed by atoms with Crippen molar-refractivity contribution in [3.8, 4) is 11.6 Å². The monoisotopic (exact) mass is 324 g/mol. The maximum Gasteiger partial charge on any atom is 0.256 e. The van der Waals surface area contributed by atoms with E-state index in [-0.39, 0.29) is 5.91 Å². The summed E-state index contributed by atoms with van der Waals surface area (Å²) >= 11 is 0. The van der Waals surface area contributed by atoms with Gasteiger partial charge in [0.1, 0.15) is 17.1 Å². The van der Waals surface area contributed by atoms with Crippen LogP contribution in [0, 0.1) is 0 Å². The van der Waals surface area contributed by atoms with Crippen molar-refractivity contribution in [1.82, 2.24) is 19.7 Å². The van der Waals surface area contributed by atoms with Gasteiger partial charge in [0.2, 0.25) is 0 Å². The molecule has 1 amide bonds. The highest BCUT2D eigenvalue weighted by Gasteiger charge is 2.17. The number of benzene rings is 1.